The van der Waals surface area contributed by atoms with Gasteiger partial charge in [-0.05, 0) is 31.2 Å². The van der Waals surface area contributed by atoms with Crippen LogP contribution in [0.15, 0.2) is 65.5 Å². The maximum atomic E-state index is 12.8. The molecule has 0 saturated carbocycles. The summed E-state index contributed by atoms with van der Waals surface area (Å²) in [7, 11) is 0. The summed E-state index contributed by atoms with van der Waals surface area (Å²) < 4.78 is 18.4. The van der Waals surface area contributed by atoms with E-state index in [0.29, 0.717) is 43.4 Å². The number of esters is 1. The van der Waals surface area contributed by atoms with E-state index in [0.717, 1.165) is 11.4 Å². The molecule has 0 N–H and O–H groups in total. The fourth-order valence-electron chi connectivity index (χ4n) is 3.52. The van der Waals surface area contributed by atoms with Crippen LogP contribution in [0.5, 0.6) is 11.5 Å². The normalized spacial score (nSPS) is 11.8. The Hall–Kier alpha value is -3.61. The van der Waals surface area contributed by atoms with Crippen molar-refractivity contribution in [1.29, 1.82) is 0 Å². The van der Waals surface area contributed by atoms with E-state index in [2.05, 4.69) is 4.98 Å². The van der Waals surface area contributed by atoms with Crippen LogP contribution in [0.3, 0.4) is 0 Å². The summed E-state index contributed by atoms with van der Waals surface area (Å²) in [6, 6.07) is 18.3. The van der Waals surface area contributed by atoms with Crippen molar-refractivity contribution < 1.29 is 19.0 Å². The molecule has 3 rings (SSSR count). The number of carbonyl (C=O) groups excluding carboxylic acids is 1. The highest BCUT2D eigenvalue weighted by Gasteiger charge is 2.25. The van der Waals surface area contributed by atoms with Gasteiger partial charge in [-0.3, -0.25) is 9.36 Å². The lowest BCUT2D eigenvalue weighted by Gasteiger charge is -2.20. The average molecular weight is 465 g/mol. The number of benzene rings is 2. The predicted octanol–water partition coefficient (Wildman–Crippen LogP) is 4.52. The quantitative estimate of drug-likeness (QED) is 0.388. The van der Waals surface area contributed by atoms with Gasteiger partial charge in [-0.25, -0.2) is 9.78 Å². The van der Waals surface area contributed by atoms with E-state index in [-0.39, 0.29) is 17.4 Å². The maximum Gasteiger partial charge on any atom is 0.347 e. The first-order valence-corrected chi connectivity index (χ1v) is 11.6. The molecule has 1 unspecified atom stereocenters. The van der Waals surface area contributed by atoms with E-state index in [1.807, 2.05) is 51.1 Å². The summed E-state index contributed by atoms with van der Waals surface area (Å²) in [4.78, 5) is 29.5. The zero-order chi connectivity index (χ0) is 24.5. The van der Waals surface area contributed by atoms with Gasteiger partial charge in [0, 0.05) is 24.0 Å². The first-order valence-electron chi connectivity index (χ1n) is 11.6. The molecule has 34 heavy (non-hydrogen) atoms. The standard InChI is InChI=1S/C27H32N2O5/c1-5-24-28-23(20-10-8-7-9-11-20)18-25(30)29(24)16-17-33-21-12-14-22(15-13-21)34-26(19(3)4)27(31)32-6-2/h7-15,18-19,26H,5-6,16-17H2,1-4H3. The third kappa shape index (κ3) is 6.47. The van der Waals surface area contributed by atoms with Crippen LogP contribution >= 0.6 is 0 Å². The zero-order valence-corrected chi connectivity index (χ0v) is 20.2. The van der Waals surface area contributed by atoms with Crippen molar-refractivity contribution in [2.24, 2.45) is 5.92 Å². The molecule has 1 atom stereocenters. The lowest BCUT2D eigenvalue weighted by Crippen LogP contribution is -2.34. The molecule has 7 heteroatoms. The van der Waals surface area contributed by atoms with Crippen LogP contribution in [0.2, 0.25) is 0 Å². The molecule has 0 aliphatic rings. The maximum absolute atomic E-state index is 12.8. The van der Waals surface area contributed by atoms with E-state index < -0.39 is 6.10 Å². The largest absolute Gasteiger partial charge is 0.492 e. The smallest absolute Gasteiger partial charge is 0.347 e. The fraction of sp³-hybridized carbons (Fsp3) is 0.370. The van der Waals surface area contributed by atoms with E-state index in [1.165, 1.54) is 0 Å². The summed E-state index contributed by atoms with van der Waals surface area (Å²) in [5.41, 5.74) is 1.50. The van der Waals surface area contributed by atoms with Gasteiger partial charge in [-0.1, -0.05) is 51.1 Å². The molecule has 0 bridgehead atoms. The molecule has 0 radical (unpaired) electrons. The molecule has 0 fully saturated rings. The highest BCUT2D eigenvalue weighted by molar-refractivity contribution is 5.75. The van der Waals surface area contributed by atoms with Crippen LogP contribution in [0.1, 0.15) is 33.5 Å². The molecule has 1 heterocycles. The molecule has 1 aromatic heterocycles. The molecular weight excluding hydrogens is 432 g/mol. The highest BCUT2D eigenvalue weighted by Crippen LogP contribution is 2.21. The van der Waals surface area contributed by atoms with E-state index in [9.17, 15) is 9.59 Å². The topological polar surface area (TPSA) is 79.7 Å². The van der Waals surface area contributed by atoms with Gasteiger partial charge in [0.05, 0.1) is 18.8 Å². The molecular formula is C27H32N2O5. The van der Waals surface area contributed by atoms with Gasteiger partial charge in [-0.15, -0.1) is 0 Å². The van der Waals surface area contributed by atoms with Crippen molar-refractivity contribution >= 4 is 5.97 Å². The zero-order valence-electron chi connectivity index (χ0n) is 20.2. The Labute approximate surface area is 200 Å². The number of aryl methyl sites for hydroxylation is 1. The Morgan fingerprint density at radius 2 is 1.68 bits per heavy atom. The van der Waals surface area contributed by atoms with Crippen LogP contribution in [0.4, 0.5) is 0 Å². The van der Waals surface area contributed by atoms with Crippen LogP contribution in [0, 0.1) is 5.92 Å². The monoisotopic (exact) mass is 464 g/mol. The number of aromatic nitrogens is 2. The van der Waals surface area contributed by atoms with Crippen molar-refractivity contribution in [2.75, 3.05) is 13.2 Å². The molecule has 0 aliphatic carbocycles. The number of ether oxygens (including phenoxy) is 3. The highest BCUT2D eigenvalue weighted by atomic mass is 16.6. The minimum Gasteiger partial charge on any atom is -0.492 e. The fourth-order valence-corrected chi connectivity index (χ4v) is 3.52. The van der Waals surface area contributed by atoms with Gasteiger partial charge in [0.2, 0.25) is 0 Å². The molecule has 7 nitrogen and oxygen atoms in total. The van der Waals surface area contributed by atoms with E-state index >= 15 is 0 Å². The van der Waals surface area contributed by atoms with Gasteiger partial charge in [0.15, 0.2) is 6.10 Å². The van der Waals surface area contributed by atoms with E-state index in [1.54, 1.807) is 41.8 Å². The van der Waals surface area contributed by atoms with Crippen LogP contribution < -0.4 is 15.0 Å². The second kappa shape index (κ2) is 12.0. The minimum absolute atomic E-state index is 0.0251. The average Bonchev–Trinajstić information content (AvgIpc) is 2.84. The van der Waals surface area contributed by atoms with Crippen molar-refractivity contribution in [2.45, 2.75) is 46.8 Å². The molecule has 0 aliphatic heterocycles. The van der Waals surface area contributed by atoms with E-state index in [4.69, 9.17) is 14.2 Å². The first kappa shape index (κ1) is 25.0. The molecule has 180 valence electrons. The van der Waals surface area contributed by atoms with Crippen molar-refractivity contribution in [3.05, 3.63) is 76.8 Å². The van der Waals surface area contributed by atoms with Crippen molar-refractivity contribution in [1.82, 2.24) is 9.55 Å². The Morgan fingerprint density at radius 1 is 1.00 bits per heavy atom. The first-order chi connectivity index (χ1) is 16.4. The predicted molar refractivity (Wildman–Crippen MR) is 131 cm³/mol. The number of nitrogens with zero attached hydrogens (tertiary/aromatic N) is 2. The minimum atomic E-state index is -0.669. The molecule has 0 saturated heterocycles. The Kier molecular flexibility index (Phi) is 8.85. The van der Waals surface area contributed by atoms with Gasteiger partial charge in [0.1, 0.15) is 23.9 Å². The molecule has 2 aromatic carbocycles. The SMILES string of the molecule is CCOC(=O)C(Oc1ccc(OCCn2c(CC)nc(-c3ccccc3)cc2=O)cc1)C(C)C. The van der Waals surface area contributed by atoms with Crippen LogP contribution in [-0.4, -0.2) is 34.8 Å². The summed E-state index contributed by atoms with van der Waals surface area (Å²) in [6.45, 7) is 8.59. The Balaban J connectivity index is 1.62. The number of hydrogen-bond donors (Lipinski definition) is 0. The number of carbonyl (C=O) groups is 1. The van der Waals surface area contributed by atoms with Gasteiger partial charge < -0.3 is 14.2 Å². The molecule has 0 spiro atoms. The van der Waals surface area contributed by atoms with Crippen LogP contribution in [0.25, 0.3) is 11.3 Å². The van der Waals surface area contributed by atoms with Crippen LogP contribution in [-0.2, 0) is 22.5 Å². The summed E-state index contributed by atoms with van der Waals surface area (Å²) in [5.74, 6) is 1.52. The lowest BCUT2D eigenvalue weighted by atomic mass is 10.1. The molecule has 3 aromatic rings. The number of hydrogen-bond acceptors (Lipinski definition) is 6. The van der Waals surface area contributed by atoms with Crippen molar-refractivity contribution in [3.8, 4) is 22.8 Å². The second-order valence-electron chi connectivity index (χ2n) is 8.12. The third-order valence-electron chi connectivity index (χ3n) is 5.27. The van der Waals surface area contributed by atoms with Gasteiger partial charge in [-0.2, -0.15) is 0 Å². The summed E-state index contributed by atoms with van der Waals surface area (Å²) in [5, 5.41) is 0. The van der Waals surface area contributed by atoms with Crippen molar-refractivity contribution in [3.63, 3.8) is 0 Å². The number of rotatable bonds is 11. The Morgan fingerprint density at radius 3 is 2.29 bits per heavy atom. The lowest BCUT2D eigenvalue weighted by molar-refractivity contribution is -0.153. The second-order valence-corrected chi connectivity index (χ2v) is 8.12. The summed E-state index contributed by atoms with van der Waals surface area (Å²) in [6.07, 6.45) is -0.0307. The van der Waals surface area contributed by atoms with Gasteiger partial charge in [0.25, 0.3) is 5.56 Å². The Bertz CT molecular complexity index is 1120. The third-order valence-corrected chi connectivity index (χ3v) is 5.27. The molecule has 0 amide bonds. The summed E-state index contributed by atoms with van der Waals surface area (Å²) >= 11 is 0. The van der Waals surface area contributed by atoms with Gasteiger partial charge >= 0.3 is 5.97 Å².